The van der Waals surface area contributed by atoms with Gasteiger partial charge in [0, 0.05) is 23.3 Å². The van der Waals surface area contributed by atoms with Gasteiger partial charge in [-0.2, -0.15) is 0 Å². The molecule has 3 aromatic carbocycles. The number of benzene rings is 3. The van der Waals surface area contributed by atoms with Crippen molar-refractivity contribution in [3.8, 4) is 11.5 Å². The van der Waals surface area contributed by atoms with Crippen LogP contribution in [-0.4, -0.2) is 19.2 Å². The lowest BCUT2D eigenvalue weighted by Gasteiger charge is -2.19. The van der Waals surface area contributed by atoms with Crippen molar-refractivity contribution in [3.05, 3.63) is 80.3 Å². The van der Waals surface area contributed by atoms with E-state index >= 15 is 0 Å². The molecule has 0 bridgehead atoms. The zero-order valence-corrected chi connectivity index (χ0v) is 21.5. The number of carbonyl (C=O) groups excluding carboxylic acids is 1. The molecule has 0 aliphatic heterocycles. The van der Waals surface area contributed by atoms with Crippen LogP contribution in [0.15, 0.2) is 51.9 Å². The highest BCUT2D eigenvalue weighted by Gasteiger charge is 2.14. The standard InChI is InChI=1S/C27H29BrN2O3/c1-16-18(3)27(28)19(4)17(2)24(16)15-33-25-12-7-21(13-26(25)32-6)14-29-22-8-10-23(11-9-22)30-20(5)31/h7-14H,15H2,1-6H3,(H,30,31). The molecule has 0 saturated heterocycles. The molecule has 3 rings (SSSR count). The van der Waals surface area contributed by atoms with Gasteiger partial charge in [0.1, 0.15) is 6.61 Å². The predicted octanol–water partition coefficient (Wildman–Crippen LogP) is 6.98. The average Bonchev–Trinajstić information content (AvgIpc) is 2.81. The number of methoxy groups -OCH3 is 1. The Bertz CT molecular complexity index is 1170. The molecule has 1 amide bonds. The summed E-state index contributed by atoms with van der Waals surface area (Å²) in [6.45, 7) is 10.5. The highest BCUT2D eigenvalue weighted by Crippen LogP contribution is 2.33. The van der Waals surface area contributed by atoms with Gasteiger partial charge in [-0.1, -0.05) is 15.9 Å². The molecule has 0 atom stereocenters. The maximum atomic E-state index is 11.1. The Balaban J connectivity index is 1.75. The van der Waals surface area contributed by atoms with Crippen LogP contribution in [0.25, 0.3) is 0 Å². The van der Waals surface area contributed by atoms with E-state index in [0.29, 0.717) is 18.1 Å². The number of anilines is 1. The Labute approximate surface area is 204 Å². The Hall–Kier alpha value is -3.12. The molecule has 0 spiro atoms. The van der Waals surface area contributed by atoms with Gasteiger partial charge in [0.15, 0.2) is 11.5 Å². The highest BCUT2D eigenvalue weighted by atomic mass is 79.9. The third kappa shape index (κ3) is 5.82. The van der Waals surface area contributed by atoms with Crippen LogP contribution in [0.3, 0.4) is 0 Å². The summed E-state index contributed by atoms with van der Waals surface area (Å²) in [5, 5.41) is 2.74. The van der Waals surface area contributed by atoms with Crippen molar-refractivity contribution in [3.63, 3.8) is 0 Å². The summed E-state index contributed by atoms with van der Waals surface area (Å²) in [5.41, 5.74) is 8.56. The lowest BCUT2D eigenvalue weighted by Crippen LogP contribution is -2.06. The van der Waals surface area contributed by atoms with Gasteiger partial charge in [-0.25, -0.2) is 0 Å². The molecule has 6 heteroatoms. The highest BCUT2D eigenvalue weighted by molar-refractivity contribution is 9.10. The fourth-order valence-corrected chi connectivity index (χ4v) is 4.17. The number of halogens is 1. The summed E-state index contributed by atoms with van der Waals surface area (Å²) >= 11 is 3.70. The van der Waals surface area contributed by atoms with Gasteiger partial charge in [0.2, 0.25) is 5.91 Å². The van der Waals surface area contributed by atoms with Gasteiger partial charge in [-0.15, -0.1) is 0 Å². The first-order valence-electron chi connectivity index (χ1n) is 10.7. The van der Waals surface area contributed by atoms with Crippen molar-refractivity contribution in [2.45, 2.75) is 41.2 Å². The number of nitrogens with zero attached hydrogens (tertiary/aromatic N) is 1. The monoisotopic (exact) mass is 508 g/mol. The number of aliphatic imine (C=N–C) groups is 1. The number of hydrogen-bond donors (Lipinski definition) is 1. The maximum Gasteiger partial charge on any atom is 0.221 e. The molecular formula is C27H29BrN2O3. The molecule has 0 fully saturated rings. The largest absolute Gasteiger partial charge is 0.493 e. The topological polar surface area (TPSA) is 59.9 Å². The molecule has 0 aromatic heterocycles. The van der Waals surface area contributed by atoms with E-state index in [2.05, 4.69) is 53.9 Å². The van der Waals surface area contributed by atoms with Crippen LogP contribution in [0.4, 0.5) is 11.4 Å². The van der Waals surface area contributed by atoms with Crippen LogP contribution in [0.2, 0.25) is 0 Å². The lowest BCUT2D eigenvalue weighted by atomic mass is 9.95. The second kappa shape index (κ2) is 10.7. The predicted molar refractivity (Wildman–Crippen MR) is 138 cm³/mol. The van der Waals surface area contributed by atoms with Gasteiger partial charge in [0.05, 0.1) is 12.8 Å². The van der Waals surface area contributed by atoms with Gasteiger partial charge in [-0.3, -0.25) is 9.79 Å². The smallest absolute Gasteiger partial charge is 0.221 e. The van der Waals surface area contributed by atoms with E-state index in [1.165, 1.54) is 34.7 Å². The minimum absolute atomic E-state index is 0.101. The van der Waals surface area contributed by atoms with Gasteiger partial charge < -0.3 is 14.8 Å². The lowest BCUT2D eigenvalue weighted by molar-refractivity contribution is -0.114. The Morgan fingerprint density at radius 1 is 0.970 bits per heavy atom. The van der Waals surface area contributed by atoms with E-state index in [4.69, 9.17) is 9.47 Å². The fourth-order valence-electron chi connectivity index (χ4n) is 3.58. The van der Waals surface area contributed by atoms with Crippen LogP contribution in [-0.2, 0) is 11.4 Å². The summed E-state index contributed by atoms with van der Waals surface area (Å²) in [4.78, 5) is 15.6. The SMILES string of the molecule is COc1cc(C=Nc2ccc(NC(C)=O)cc2)ccc1OCc1c(C)c(C)c(Br)c(C)c1C. The van der Waals surface area contributed by atoms with Crippen molar-refractivity contribution < 1.29 is 14.3 Å². The molecular weight excluding hydrogens is 480 g/mol. The normalized spacial score (nSPS) is 11.0. The van der Waals surface area contributed by atoms with Crippen LogP contribution in [0.5, 0.6) is 11.5 Å². The number of ether oxygens (including phenoxy) is 2. The first-order valence-corrected chi connectivity index (χ1v) is 11.5. The minimum atomic E-state index is -0.101. The molecule has 1 N–H and O–H groups in total. The van der Waals surface area contributed by atoms with Crippen LogP contribution in [0.1, 0.15) is 40.3 Å². The Kier molecular flexibility index (Phi) is 7.92. The summed E-state index contributed by atoms with van der Waals surface area (Å²) in [6, 6.07) is 13.1. The fraction of sp³-hybridized carbons (Fsp3) is 0.259. The summed E-state index contributed by atoms with van der Waals surface area (Å²) in [6.07, 6.45) is 1.77. The molecule has 0 heterocycles. The van der Waals surface area contributed by atoms with Crippen LogP contribution >= 0.6 is 15.9 Å². The van der Waals surface area contributed by atoms with Crippen molar-refractivity contribution in [1.29, 1.82) is 0 Å². The molecule has 0 aliphatic rings. The average molecular weight is 509 g/mol. The van der Waals surface area contributed by atoms with Gasteiger partial charge in [0.25, 0.3) is 0 Å². The zero-order chi connectivity index (χ0) is 24.1. The first-order chi connectivity index (χ1) is 15.7. The van der Waals surface area contributed by atoms with E-state index < -0.39 is 0 Å². The third-order valence-corrected chi connectivity index (χ3v) is 6.99. The van der Waals surface area contributed by atoms with Crippen LogP contribution in [0, 0.1) is 27.7 Å². The number of rotatable bonds is 7. The molecule has 172 valence electrons. The molecule has 0 radical (unpaired) electrons. The van der Waals surface area contributed by atoms with Crippen LogP contribution < -0.4 is 14.8 Å². The number of hydrogen-bond acceptors (Lipinski definition) is 4. The molecule has 0 unspecified atom stereocenters. The second-order valence-corrected chi connectivity index (χ2v) is 8.77. The minimum Gasteiger partial charge on any atom is -0.493 e. The molecule has 0 saturated carbocycles. The van der Waals surface area contributed by atoms with E-state index in [-0.39, 0.29) is 5.91 Å². The second-order valence-electron chi connectivity index (χ2n) is 7.98. The Morgan fingerprint density at radius 2 is 1.61 bits per heavy atom. The molecule has 3 aromatic rings. The number of nitrogens with one attached hydrogen (secondary N) is 1. The third-order valence-electron chi connectivity index (χ3n) is 5.80. The van der Waals surface area contributed by atoms with E-state index in [0.717, 1.165) is 21.4 Å². The van der Waals surface area contributed by atoms with Crippen molar-refractivity contribution >= 4 is 39.4 Å². The van der Waals surface area contributed by atoms with E-state index in [1.54, 1.807) is 13.3 Å². The van der Waals surface area contributed by atoms with Crippen molar-refractivity contribution in [1.82, 2.24) is 0 Å². The maximum absolute atomic E-state index is 11.1. The summed E-state index contributed by atoms with van der Waals surface area (Å²) < 4.78 is 12.9. The summed E-state index contributed by atoms with van der Waals surface area (Å²) in [7, 11) is 1.63. The summed E-state index contributed by atoms with van der Waals surface area (Å²) in [5.74, 6) is 1.24. The van der Waals surface area contributed by atoms with Gasteiger partial charge >= 0.3 is 0 Å². The van der Waals surface area contributed by atoms with Gasteiger partial charge in [-0.05, 0) is 104 Å². The molecule has 33 heavy (non-hydrogen) atoms. The van der Waals surface area contributed by atoms with E-state index in [1.807, 2.05) is 42.5 Å². The molecule has 5 nitrogen and oxygen atoms in total. The molecule has 0 aliphatic carbocycles. The number of amides is 1. The number of carbonyl (C=O) groups is 1. The van der Waals surface area contributed by atoms with Crippen molar-refractivity contribution in [2.24, 2.45) is 4.99 Å². The van der Waals surface area contributed by atoms with E-state index in [9.17, 15) is 4.79 Å². The van der Waals surface area contributed by atoms with Crippen molar-refractivity contribution in [2.75, 3.05) is 12.4 Å². The first kappa shape index (κ1) is 24.5. The quantitative estimate of drug-likeness (QED) is 0.350. The Morgan fingerprint density at radius 3 is 2.18 bits per heavy atom. The zero-order valence-electron chi connectivity index (χ0n) is 19.9.